The number of urea groups is 1. The molecule has 7 nitrogen and oxygen atoms in total. The Kier molecular flexibility index (Phi) is 4.00. The lowest BCUT2D eigenvalue weighted by molar-refractivity contribution is 0.113. The number of carbonyl (C=O) groups excluding carboxylic acids is 1. The number of likely N-dealkylation sites (tertiary alicyclic amines) is 1. The Hall–Kier alpha value is -1.93. The van der Waals surface area contributed by atoms with Crippen LogP contribution in [0.5, 0.6) is 0 Å². The summed E-state index contributed by atoms with van der Waals surface area (Å²) in [7, 11) is 0. The van der Waals surface area contributed by atoms with Crippen LogP contribution in [0.25, 0.3) is 10.7 Å². The smallest absolute Gasteiger partial charge is 0.317 e. The Morgan fingerprint density at radius 1 is 1.43 bits per heavy atom. The van der Waals surface area contributed by atoms with Gasteiger partial charge in [-0.1, -0.05) is 11.2 Å². The topological polar surface area (TPSA) is 74.5 Å². The van der Waals surface area contributed by atoms with Gasteiger partial charge >= 0.3 is 6.03 Å². The first-order valence-corrected chi connectivity index (χ1v) is 8.81. The van der Waals surface area contributed by atoms with Gasteiger partial charge in [-0.05, 0) is 30.8 Å². The normalized spacial score (nSPS) is 22.5. The van der Waals surface area contributed by atoms with E-state index in [4.69, 9.17) is 4.52 Å². The van der Waals surface area contributed by atoms with Gasteiger partial charge in [0.05, 0.1) is 11.4 Å². The first-order chi connectivity index (χ1) is 11.3. The van der Waals surface area contributed by atoms with Crippen molar-refractivity contribution in [2.45, 2.75) is 25.4 Å². The zero-order chi connectivity index (χ0) is 15.6. The molecule has 0 spiro atoms. The van der Waals surface area contributed by atoms with E-state index in [1.165, 1.54) is 0 Å². The molecule has 0 saturated carbocycles. The fourth-order valence-electron chi connectivity index (χ4n) is 3.28. The van der Waals surface area contributed by atoms with E-state index >= 15 is 0 Å². The van der Waals surface area contributed by atoms with Crippen LogP contribution in [0.2, 0.25) is 0 Å². The van der Waals surface area contributed by atoms with E-state index in [0.29, 0.717) is 18.3 Å². The first kappa shape index (κ1) is 14.6. The van der Waals surface area contributed by atoms with Crippen molar-refractivity contribution in [2.75, 3.05) is 26.2 Å². The largest absolute Gasteiger partial charge is 0.338 e. The number of thiophene rings is 1. The quantitative estimate of drug-likeness (QED) is 0.923. The van der Waals surface area contributed by atoms with E-state index in [9.17, 15) is 4.79 Å². The van der Waals surface area contributed by atoms with Gasteiger partial charge in [0.2, 0.25) is 11.7 Å². The Labute approximate surface area is 138 Å². The zero-order valence-electron chi connectivity index (χ0n) is 12.8. The molecule has 2 aromatic rings. The molecule has 23 heavy (non-hydrogen) atoms. The molecule has 1 N–H and O–H groups in total. The summed E-state index contributed by atoms with van der Waals surface area (Å²) >= 11 is 1.60. The molecular weight excluding hydrogens is 314 g/mol. The molecule has 0 radical (unpaired) electrons. The van der Waals surface area contributed by atoms with E-state index in [-0.39, 0.29) is 12.1 Å². The molecule has 8 heteroatoms. The molecular formula is C15H19N5O2S. The summed E-state index contributed by atoms with van der Waals surface area (Å²) in [6, 6.07) is 4.31. The van der Waals surface area contributed by atoms with Crippen molar-refractivity contribution in [2.24, 2.45) is 0 Å². The van der Waals surface area contributed by atoms with Crippen molar-refractivity contribution in [3.63, 3.8) is 0 Å². The second-order valence-electron chi connectivity index (χ2n) is 5.95. The predicted molar refractivity (Wildman–Crippen MR) is 86.0 cm³/mol. The zero-order valence-corrected chi connectivity index (χ0v) is 13.6. The van der Waals surface area contributed by atoms with Crippen molar-refractivity contribution in [3.8, 4) is 10.7 Å². The van der Waals surface area contributed by atoms with Crippen molar-refractivity contribution >= 4 is 17.4 Å². The highest BCUT2D eigenvalue weighted by Gasteiger charge is 2.31. The van der Waals surface area contributed by atoms with Crippen LogP contribution < -0.4 is 5.32 Å². The highest BCUT2D eigenvalue weighted by Crippen LogP contribution is 2.23. The molecule has 4 heterocycles. The summed E-state index contributed by atoms with van der Waals surface area (Å²) in [6.07, 6.45) is 2.15. The lowest BCUT2D eigenvalue weighted by Crippen LogP contribution is -2.48. The molecule has 0 aromatic carbocycles. The number of amides is 2. The second-order valence-corrected chi connectivity index (χ2v) is 6.89. The lowest BCUT2D eigenvalue weighted by Gasteiger charge is -2.36. The van der Waals surface area contributed by atoms with Crippen molar-refractivity contribution in [1.29, 1.82) is 0 Å². The van der Waals surface area contributed by atoms with Crippen molar-refractivity contribution in [1.82, 2.24) is 25.3 Å². The van der Waals surface area contributed by atoms with Gasteiger partial charge in [-0.3, -0.25) is 4.90 Å². The van der Waals surface area contributed by atoms with Crippen LogP contribution in [0.15, 0.2) is 22.0 Å². The van der Waals surface area contributed by atoms with Crippen molar-refractivity contribution in [3.05, 3.63) is 23.4 Å². The third kappa shape index (κ3) is 3.09. The highest BCUT2D eigenvalue weighted by atomic mass is 32.1. The molecule has 4 rings (SSSR count). The fraction of sp³-hybridized carbons (Fsp3) is 0.533. The number of hydrogen-bond donors (Lipinski definition) is 1. The summed E-state index contributed by atoms with van der Waals surface area (Å²) in [5, 5.41) is 8.94. The Morgan fingerprint density at radius 2 is 2.39 bits per heavy atom. The summed E-state index contributed by atoms with van der Waals surface area (Å²) in [4.78, 5) is 21.6. The molecule has 2 fully saturated rings. The number of rotatable bonds is 4. The molecule has 0 aliphatic carbocycles. The summed E-state index contributed by atoms with van der Waals surface area (Å²) in [5.74, 6) is 1.29. The van der Waals surface area contributed by atoms with E-state index in [2.05, 4.69) is 20.4 Å². The highest BCUT2D eigenvalue weighted by molar-refractivity contribution is 7.13. The molecule has 2 aliphatic rings. The van der Waals surface area contributed by atoms with Gasteiger partial charge in [0, 0.05) is 25.7 Å². The second kappa shape index (κ2) is 6.29. The maximum Gasteiger partial charge on any atom is 0.317 e. The average molecular weight is 333 g/mol. The van der Waals surface area contributed by atoms with Crippen LogP contribution in [0.4, 0.5) is 4.79 Å². The monoisotopic (exact) mass is 333 g/mol. The number of nitrogens with zero attached hydrogens (tertiary/aromatic N) is 4. The van der Waals surface area contributed by atoms with Crippen molar-refractivity contribution < 1.29 is 9.32 Å². The average Bonchev–Trinajstić information content (AvgIpc) is 3.28. The number of nitrogens with one attached hydrogen (secondary N) is 1. The van der Waals surface area contributed by atoms with Gasteiger partial charge < -0.3 is 14.7 Å². The third-order valence-electron chi connectivity index (χ3n) is 4.38. The van der Waals surface area contributed by atoms with Crippen LogP contribution in [0.1, 0.15) is 18.7 Å². The van der Waals surface area contributed by atoms with E-state index < -0.39 is 0 Å². The maximum atomic E-state index is 11.8. The first-order valence-electron chi connectivity index (χ1n) is 7.93. The number of carbonyl (C=O) groups is 1. The minimum Gasteiger partial charge on any atom is -0.338 e. The van der Waals surface area contributed by atoms with Crippen LogP contribution in [0, 0.1) is 0 Å². The molecule has 2 aromatic heterocycles. The summed E-state index contributed by atoms with van der Waals surface area (Å²) in [6.45, 7) is 4.07. The van der Waals surface area contributed by atoms with Crippen LogP contribution in [-0.2, 0) is 6.54 Å². The van der Waals surface area contributed by atoms with E-state index in [0.717, 1.165) is 43.9 Å². The van der Waals surface area contributed by atoms with E-state index in [1.807, 2.05) is 22.4 Å². The maximum absolute atomic E-state index is 11.8. The molecule has 1 atom stereocenters. The van der Waals surface area contributed by atoms with Gasteiger partial charge in [-0.15, -0.1) is 11.3 Å². The molecule has 0 bridgehead atoms. The van der Waals surface area contributed by atoms with Gasteiger partial charge in [0.25, 0.3) is 0 Å². The van der Waals surface area contributed by atoms with Crippen LogP contribution >= 0.6 is 11.3 Å². The SMILES string of the molecule is O=C1NCCN1C1CCCN(Cc2nc(-c3cccs3)no2)C1. The van der Waals surface area contributed by atoms with E-state index in [1.54, 1.807) is 11.3 Å². The van der Waals surface area contributed by atoms with Gasteiger partial charge in [0.1, 0.15) is 0 Å². The number of hydrogen-bond acceptors (Lipinski definition) is 6. The minimum absolute atomic E-state index is 0.0645. The Balaban J connectivity index is 1.39. The number of aromatic nitrogens is 2. The predicted octanol–water partition coefficient (Wildman–Crippen LogP) is 1.79. The van der Waals surface area contributed by atoms with Gasteiger partial charge in [0.15, 0.2) is 0 Å². The summed E-state index contributed by atoms with van der Waals surface area (Å²) in [5.41, 5.74) is 0. The minimum atomic E-state index is 0.0645. The van der Waals surface area contributed by atoms with Crippen LogP contribution in [0.3, 0.4) is 0 Å². The lowest BCUT2D eigenvalue weighted by atomic mass is 10.0. The van der Waals surface area contributed by atoms with Crippen LogP contribution in [-0.4, -0.2) is 58.2 Å². The standard InChI is InChI=1S/C15H19N5O2S/c21-15-16-5-7-20(15)11-3-1-6-19(9-11)10-13-17-14(18-22-13)12-4-2-8-23-12/h2,4,8,11H,1,3,5-7,9-10H2,(H,16,21). The van der Waals surface area contributed by atoms with Gasteiger partial charge in [-0.2, -0.15) is 4.98 Å². The Morgan fingerprint density at radius 3 is 3.17 bits per heavy atom. The Bertz CT molecular complexity index is 671. The van der Waals surface area contributed by atoms with Gasteiger partial charge in [-0.25, -0.2) is 4.79 Å². The molecule has 2 aliphatic heterocycles. The number of piperidine rings is 1. The fourth-order valence-corrected chi connectivity index (χ4v) is 3.93. The molecule has 122 valence electrons. The summed E-state index contributed by atoms with van der Waals surface area (Å²) < 4.78 is 5.38. The molecule has 2 amide bonds. The molecule has 2 saturated heterocycles. The molecule has 1 unspecified atom stereocenters. The third-order valence-corrected chi connectivity index (χ3v) is 5.25.